The molecule has 0 bridgehead atoms. The van der Waals surface area contributed by atoms with Crippen LogP contribution in [0.1, 0.15) is 13.3 Å². The summed E-state index contributed by atoms with van der Waals surface area (Å²) in [7, 11) is 1.35. The van der Waals surface area contributed by atoms with Crippen LogP contribution in [-0.4, -0.2) is 47.4 Å². The van der Waals surface area contributed by atoms with Gasteiger partial charge < -0.3 is 20.5 Å². The molecule has 0 radical (unpaired) electrons. The van der Waals surface area contributed by atoms with Crippen molar-refractivity contribution in [3.8, 4) is 0 Å². The number of aliphatic carboxylic acids is 1. The van der Waals surface area contributed by atoms with E-state index in [4.69, 9.17) is 16.3 Å². The van der Waals surface area contributed by atoms with E-state index in [1.807, 2.05) is 0 Å². The number of hydrogen-bond acceptors (Lipinski definition) is 5. The molecule has 1 aliphatic heterocycles. The predicted molar refractivity (Wildman–Crippen MR) is 90.4 cm³/mol. The standard InChI is InChI=1S/C15H17ClN2O5S/c1-15(7-23-2,14(21)22)18-12(19)6-11-13(20)17-9-5-8(16)3-4-10(9)24-11/h3-5,11H,6-7H2,1-2H3,(H,17,20)(H,18,19)(H,21,22). The lowest BCUT2D eigenvalue weighted by atomic mass is 10.0. The Bertz CT molecular complexity index is 684. The molecule has 2 rings (SSSR count). The number of benzene rings is 1. The number of carboxylic acids is 1. The van der Waals surface area contributed by atoms with E-state index >= 15 is 0 Å². The summed E-state index contributed by atoms with van der Waals surface area (Å²) < 4.78 is 4.85. The van der Waals surface area contributed by atoms with Crippen LogP contribution in [0.15, 0.2) is 23.1 Å². The molecule has 2 unspecified atom stereocenters. The van der Waals surface area contributed by atoms with Crippen LogP contribution in [0.3, 0.4) is 0 Å². The minimum absolute atomic E-state index is 0.148. The molecule has 0 aliphatic carbocycles. The van der Waals surface area contributed by atoms with Gasteiger partial charge >= 0.3 is 5.97 Å². The van der Waals surface area contributed by atoms with Crippen molar-refractivity contribution in [2.24, 2.45) is 0 Å². The van der Waals surface area contributed by atoms with Crippen LogP contribution in [0, 0.1) is 0 Å². The van der Waals surface area contributed by atoms with Crippen molar-refractivity contribution < 1.29 is 24.2 Å². The van der Waals surface area contributed by atoms with E-state index in [-0.39, 0.29) is 18.9 Å². The Balaban J connectivity index is 2.05. The molecule has 1 heterocycles. The van der Waals surface area contributed by atoms with Crippen LogP contribution >= 0.6 is 23.4 Å². The molecule has 2 atom stereocenters. The summed E-state index contributed by atoms with van der Waals surface area (Å²) in [6.07, 6.45) is -0.148. The zero-order chi connectivity index (χ0) is 17.9. The number of nitrogens with one attached hydrogen (secondary N) is 2. The Labute approximate surface area is 148 Å². The first-order valence-electron chi connectivity index (χ1n) is 7.05. The minimum Gasteiger partial charge on any atom is -0.479 e. The highest BCUT2D eigenvalue weighted by molar-refractivity contribution is 8.01. The Morgan fingerprint density at radius 1 is 1.50 bits per heavy atom. The maximum absolute atomic E-state index is 12.2. The largest absolute Gasteiger partial charge is 0.479 e. The van der Waals surface area contributed by atoms with Crippen LogP contribution in [0.2, 0.25) is 5.02 Å². The Morgan fingerprint density at radius 2 is 2.21 bits per heavy atom. The van der Waals surface area contributed by atoms with Crippen LogP contribution in [0.5, 0.6) is 0 Å². The minimum atomic E-state index is -1.55. The van der Waals surface area contributed by atoms with Crippen molar-refractivity contribution in [1.29, 1.82) is 0 Å². The van der Waals surface area contributed by atoms with Gasteiger partial charge in [-0.25, -0.2) is 4.79 Å². The number of methoxy groups -OCH3 is 1. The lowest BCUT2D eigenvalue weighted by Gasteiger charge is -2.27. The number of anilines is 1. The molecule has 7 nitrogen and oxygen atoms in total. The number of carbonyl (C=O) groups is 3. The quantitative estimate of drug-likeness (QED) is 0.702. The van der Waals surface area contributed by atoms with Gasteiger partial charge in [-0.15, -0.1) is 11.8 Å². The van der Waals surface area contributed by atoms with Gasteiger partial charge in [0.1, 0.15) is 0 Å². The highest BCUT2D eigenvalue weighted by Gasteiger charge is 2.37. The normalized spacial score (nSPS) is 19.0. The fourth-order valence-electron chi connectivity index (χ4n) is 2.22. The zero-order valence-corrected chi connectivity index (χ0v) is 14.7. The molecule has 0 saturated carbocycles. The number of amides is 2. The Hall–Kier alpha value is -1.77. The zero-order valence-electron chi connectivity index (χ0n) is 13.1. The van der Waals surface area contributed by atoms with Crippen molar-refractivity contribution in [1.82, 2.24) is 5.32 Å². The molecule has 2 amide bonds. The third-order valence-corrected chi connectivity index (χ3v) is 4.96. The summed E-state index contributed by atoms with van der Waals surface area (Å²) in [6.45, 7) is 1.17. The third-order valence-electron chi connectivity index (χ3n) is 3.45. The molecule has 1 aromatic rings. The fraction of sp³-hybridized carbons (Fsp3) is 0.400. The van der Waals surface area contributed by atoms with E-state index in [2.05, 4.69) is 10.6 Å². The number of thioether (sulfide) groups is 1. The van der Waals surface area contributed by atoms with E-state index in [9.17, 15) is 19.5 Å². The van der Waals surface area contributed by atoms with Crippen molar-refractivity contribution >= 4 is 46.8 Å². The fourth-order valence-corrected chi connectivity index (χ4v) is 3.49. The van der Waals surface area contributed by atoms with Crippen molar-refractivity contribution in [2.45, 2.75) is 29.0 Å². The Kier molecular flexibility index (Phi) is 5.74. The van der Waals surface area contributed by atoms with Crippen LogP contribution in [0.25, 0.3) is 0 Å². The summed E-state index contributed by atoms with van der Waals surface area (Å²) in [6, 6.07) is 5.10. The second kappa shape index (κ2) is 7.42. The maximum atomic E-state index is 12.2. The van der Waals surface area contributed by atoms with E-state index in [0.29, 0.717) is 10.7 Å². The molecule has 1 aromatic carbocycles. The first-order chi connectivity index (χ1) is 11.2. The van der Waals surface area contributed by atoms with Crippen molar-refractivity contribution in [2.75, 3.05) is 19.0 Å². The monoisotopic (exact) mass is 372 g/mol. The van der Waals surface area contributed by atoms with Crippen LogP contribution < -0.4 is 10.6 Å². The van der Waals surface area contributed by atoms with E-state index in [0.717, 1.165) is 4.90 Å². The van der Waals surface area contributed by atoms with Gasteiger partial charge in [0, 0.05) is 23.4 Å². The summed E-state index contributed by atoms with van der Waals surface area (Å²) in [5.41, 5.74) is -0.948. The number of rotatable bonds is 6. The average molecular weight is 373 g/mol. The highest BCUT2D eigenvalue weighted by Crippen LogP contribution is 2.38. The van der Waals surface area contributed by atoms with Crippen molar-refractivity contribution in [3.63, 3.8) is 0 Å². The van der Waals surface area contributed by atoms with Gasteiger partial charge in [-0.3, -0.25) is 9.59 Å². The summed E-state index contributed by atoms with van der Waals surface area (Å²) in [5, 5.41) is 14.2. The molecule has 0 fully saturated rings. The molecule has 0 saturated heterocycles. The molecule has 9 heteroatoms. The molecule has 3 N–H and O–H groups in total. The second-order valence-electron chi connectivity index (χ2n) is 5.56. The molecule has 24 heavy (non-hydrogen) atoms. The number of halogens is 1. The van der Waals surface area contributed by atoms with Gasteiger partial charge in [-0.05, 0) is 25.1 Å². The lowest BCUT2D eigenvalue weighted by Crippen LogP contribution is -2.56. The molecule has 130 valence electrons. The van der Waals surface area contributed by atoms with Gasteiger partial charge in [0.2, 0.25) is 11.8 Å². The average Bonchev–Trinajstić information content (AvgIpc) is 2.48. The van der Waals surface area contributed by atoms with E-state index < -0.39 is 22.7 Å². The van der Waals surface area contributed by atoms with Gasteiger partial charge in [0.25, 0.3) is 0 Å². The van der Waals surface area contributed by atoms with Crippen LogP contribution in [0.4, 0.5) is 5.69 Å². The molecular formula is C15H17ClN2O5S. The number of fused-ring (bicyclic) bond motifs is 1. The first kappa shape index (κ1) is 18.6. The first-order valence-corrected chi connectivity index (χ1v) is 8.31. The number of hydrogen-bond donors (Lipinski definition) is 3. The molecule has 1 aliphatic rings. The molecular weight excluding hydrogens is 356 g/mol. The summed E-state index contributed by atoms with van der Waals surface area (Å²) in [5.74, 6) is -2.07. The van der Waals surface area contributed by atoms with Gasteiger partial charge in [-0.1, -0.05) is 11.6 Å². The van der Waals surface area contributed by atoms with E-state index in [1.165, 1.54) is 25.8 Å². The third kappa shape index (κ3) is 4.19. The maximum Gasteiger partial charge on any atom is 0.331 e. The SMILES string of the molecule is COCC(C)(NC(=O)CC1Sc2ccc(Cl)cc2NC1=O)C(=O)O. The predicted octanol–water partition coefficient (Wildman–Crippen LogP) is 1.75. The lowest BCUT2D eigenvalue weighted by molar-refractivity contribution is -0.149. The van der Waals surface area contributed by atoms with E-state index in [1.54, 1.807) is 18.2 Å². The number of carbonyl (C=O) groups excluding carboxylic acids is 2. The van der Waals surface area contributed by atoms with Crippen molar-refractivity contribution in [3.05, 3.63) is 23.2 Å². The van der Waals surface area contributed by atoms with Gasteiger partial charge in [0.15, 0.2) is 5.54 Å². The molecule has 0 spiro atoms. The smallest absolute Gasteiger partial charge is 0.331 e. The summed E-state index contributed by atoms with van der Waals surface area (Å²) in [4.78, 5) is 36.4. The van der Waals surface area contributed by atoms with Crippen LogP contribution in [-0.2, 0) is 19.1 Å². The number of carboxylic acid groups (broad SMARTS) is 1. The topological polar surface area (TPSA) is 105 Å². The summed E-state index contributed by atoms with van der Waals surface area (Å²) >= 11 is 7.12. The second-order valence-corrected chi connectivity index (χ2v) is 7.24. The highest BCUT2D eigenvalue weighted by atomic mass is 35.5. The Morgan fingerprint density at radius 3 is 2.83 bits per heavy atom. The molecule has 0 aromatic heterocycles. The van der Waals surface area contributed by atoms with Gasteiger partial charge in [-0.2, -0.15) is 0 Å². The number of ether oxygens (including phenoxy) is 1. The van der Waals surface area contributed by atoms with Gasteiger partial charge in [0.05, 0.1) is 17.5 Å².